The van der Waals surface area contributed by atoms with Gasteiger partial charge >= 0.3 is 0 Å². The normalized spacial score (nSPS) is 29.2. The molecule has 2 fully saturated rings. The van der Waals surface area contributed by atoms with Crippen molar-refractivity contribution in [1.29, 1.82) is 0 Å². The zero-order valence-corrected chi connectivity index (χ0v) is 15.0. The lowest BCUT2D eigenvalue weighted by molar-refractivity contribution is -0.134. The number of amides is 2. The Morgan fingerprint density at radius 3 is 2.31 bits per heavy atom. The molecule has 1 saturated heterocycles. The lowest BCUT2D eigenvalue weighted by Crippen LogP contribution is -2.44. The van der Waals surface area contributed by atoms with Gasteiger partial charge in [0.15, 0.2) is 0 Å². The zero-order valence-electron chi connectivity index (χ0n) is 13.5. The third-order valence-electron chi connectivity index (χ3n) is 5.84. The summed E-state index contributed by atoms with van der Waals surface area (Å²) in [4.78, 5) is 40.2. The Morgan fingerprint density at radius 2 is 1.58 bits per heavy atom. The van der Waals surface area contributed by atoms with Gasteiger partial charge in [-0.15, -0.1) is 0 Å². The molecule has 2 amide bonds. The first kappa shape index (κ1) is 16.0. The van der Waals surface area contributed by atoms with E-state index in [0.29, 0.717) is 17.1 Å². The van der Waals surface area contributed by atoms with E-state index in [0.717, 1.165) is 16.0 Å². The molecule has 0 N–H and O–H groups in total. The highest BCUT2D eigenvalue weighted by atomic mass is 35.5. The van der Waals surface area contributed by atoms with Crippen LogP contribution in [0.2, 0.25) is 10.0 Å². The maximum atomic E-state index is 13.2. The van der Waals surface area contributed by atoms with Crippen LogP contribution in [0.25, 0.3) is 0 Å². The number of ketones is 1. The van der Waals surface area contributed by atoms with E-state index in [4.69, 9.17) is 23.2 Å². The number of imide groups is 1. The molecule has 4 atom stereocenters. The van der Waals surface area contributed by atoms with Crippen molar-refractivity contribution in [3.8, 4) is 0 Å². The van der Waals surface area contributed by atoms with E-state index in [2.05, 4.69) is 0 Å². The number of benzene rings is 2. The second-order valence-electron chi connectivity index (χ2n) is 7.04. The van der Waals surface area contributed by atoms with Crippen LogP contribution in [0.5, 0.6) is 0 Å². The molecule has 26 heavy (non-hydrogen) atoms. The summed E-state index contributed by atoms with van der Waals surface area (Å²) in [6.45, 7) is 0. The molecule has 6 rings (SSSR count). The average Bonchev–Trinajstić information content (AvgIpc) is 2.88. The number of hydrogen-bond acceptors (Lipinski definition) is 3. The Labute approximate surface area is 159 Å². The minimum absolute atomic E-state index is 0.0418. The van der Waals surface area contributed by atoms with Crippen molar-refractivity contribution in [2.75, 3.05) is 4.90 Å². The van der Waals surface area contributed by atoms with Crippen LogP contribution >= 0.6 is 23.2 Å². The van der Waals surface area contributed by atoms with Crippen LogP contribution in [0.15, 0.2) is 42.5 Å². The fraction of sp³-hybridized carbons (Fsp3) is 0.250. The van der Waals surface area contributed by atoms with Gasteiger partial charge in [-0.3, -0.25) is 14.4 Å². The first-order valence-corrected chi connectivity index (χ1v) is 9.19. The number of rotatable bonds is 1. The molecule has 0 radical (unpaired) electrons. The number of anilines is 1. The summed E-state index contributed by atoms with van der Waals surface area (Å²) in [6.07, 6.45) is 0.310. The highest BCUT2D eigenvalue weighted by Crippen LogP contribution is 2.58. The Bertz CT molecular complexity index is 1000. The minimum Gasteiger partial charge on any atom is -0.299 e. The van der Waals surface area contributed by atoms with E-state index in [1.54, 1.807) is 12.1 Å². The second kappa shape index (κ2) is 5.41. The molecule has 2 bridgehead atoms. The van der Waals surface area contributed by atoms with Gasteiger partial charge in [0, 0.05) is 17.4 Å². The maximum absolute atomic E-state index is 13.2. The van der Waals surface area contributed by atoms with E-state index in [-0.39, 0.29) is 28.5 Å². The van der Waals surface area contributed by atoms with Crippen molar-refractivity contribution in [1.82, 2.24) is 0 Å². The molecular formula is C20H13Cl2NO3. The van der Waals surface area contributed by atoms with Gasteiger partial charge < -0.3 is 0 Å². The summed E-state index contributed by atoms with van der Waals surface area (Å²) in [7, 11) is 0. The van der Waals surface area contributed by atoms with Crippen molar-refractivity contribution in [3.05, 3.63) is 63.6 Å². The molecule has 0 unspecified atom stereocenters. The summed E-state index contributed by atoms with van der Waals surface area (Å²) in [5.74, 6) is -2.53. The molecule has 4 nitrogen and oxygen atoms in total. The summed E-state index contributed by atoms with van der Waals surface area (Å²) in [5.41, 5.74) is 2.24. The SMILES string of the molecule is O=C1C[C@H]2c3ccccc3[C@@H]1[C@H]1C(=O)N(c3ccc(Cl)cc3Cl)C(=O)[C@@H]12. The van der Waals surface area contributed by atoms with Crippen LogP contribution in [0, 0.1) is 11.8 Å². The summed E-state index contributed by atoms with van der Waals surface area (Å²) in [5, 5.41) is 0.673. The monoisotopic (exact) mass is 385 g/mol. The molecule has 0 spiro atoms. The average molecular weight is 386 g/mol. The van der Waals surface area contributed by atoms with E-state index in [1.807, 2.05) is 24.3 Å². The third-order valence-corrected chi connectivity index (χ3v) is 6.38. The number of halogens is 2. The zero-order chi connectivity index (χ0) is 18.2. The Balaban J connectivity index is 1.66. The quantitative estimate of drug-likeness (QED) is 0.698. The molecule has 1 saturated carbocycles. The van der Waals surface area contributed by atoms with Gasteiger partial charge in [-0.05, 0) is 29.3 Å². The van der Waals surface area contributed by atoms with E-state index >= 15 is 0 Å². The van der Waals surface area contributed by atoms with E-state index in [9.17, 15) is 14.4 Å². The van der Waals surface area contributed by atoms with Gasteiger partial charge in [-0.25, -0.2) is 4.90 Å². The van der Waals surface area contributed by atoms with Crippen LogP contribution in [0.3, 0.4) is 0 Å². The first-order valence-electron chi connectivity index (χ1n) is 8.43. The van der Waals surface area contributed by atoms with Crippen LogP contribution in [-0.4, -0.2) is 17.6 Å². The summed E-state index contributed by atoms with van der Waals surface area (Å²) >= 11 is 12.2. The van der Waals surface area contributed by atoms with Gasteiger partial charge in [-0.2, -0.15) is 0 Å². The van der Waals surface area contributed by atoms with Gasteiger partial charge in [0.2, 0.25) is 11.8 Å². The smallest absolute Gasteiger partial charge is 0.238 e. The van der Waals surface area contributed by atoms with E-state index in [1.165, 1.54) is 6.07 Å². The molecule has 130 valence electrons. The predicted octanol–water partition coefficient (Wildman–Crippen LogP) is 3.95. The maximum Gasteiger partial charge on any atom is 0.238 e. The minimum atomic E-state index is -0.643. The van der Waals surface area contributed by atoms with Gasteiger partial charge in [0.25, 0.3) is 0 Å². The highest BCUT2D eigenvalue weighted by Gasteiger charge is 2.62. The van der Waals surface area contributed by atoms with Crippen LogP contribution < -0.4 is 4.90 Å². The number of Topliss-reactive ketones (excluding diaryl/α,β-unsaturated/α-hetero) is 1. The molecule has 2 aromatic carbocycles. The fourth-order valence-electron chi connectivity index (χ4n) is 4.86. The molecule has 3 aliphatic carbocycles. The second-order valence-corrected chi connectivity index (χ2v) is 7.89. The molecule has 4 aliphatic rings. The Hall–Kier alpha value is -2.17. The Kier molecular flexibility index (Phi) is 3.34. The third kappa shape index (κ3) is 1.94. The molecule has 6 heteroatoms. The van der Waals surface area contributed by atoms with Crippen molar-refractivity contribution in [2.24, 2.45) is 11.8 Å². The fourth-order valence-corrected chi connectivity index (χ4v) is 5.35. The molecular weight excluding hydrogens is 373 g/mol. The number of carbonyl (C=O) groups is 3. The number of nitrogens with zero attached hydrogens (tertiary/aromatic N) is 1. The van der Waals surface area contributed by atoms with Gasteiger partial charge in [0.1, 0.15) is 5.78 Å². The molecule has 1 heterocycles. The lowest BCUT2D eigenvalue weighted by Gasteiger charge is -2.43. The summed E-state index contributed by atoms with van der Waals surface area (Å²) in [6, 6.07) is 12.3. The van der Waals surface area contributed by atoms with Crippen molar-refractivity contribution >= 4 is 46.5 Å². The number of carbonyl (C=O) groups excluding carboxylic acids is 3. The molecule has 0 aromatic heterocycles. The van der Waals surface area contributed by atoms with Crippen LogP contribution in [0.1, 0.15) is 29.4 Å². The topological polar surface area (TPSA) is 54.5 Å². The largest absolute Gasteiger partial charge is 0.299 e. The highest BCUT2D eigenvalue weighted by molar-refractivity contribution is 6.38. The van der Waals surface area contributed by atoms with Gasteiger partial charge in [0.05, 0.1) is 28.5 Å². The van der Waals surface area contributed by atoms with Gasteiger partial charge in [-0.1, -0.05) is 47.5 Å². The standard InChI is InChI=1S/C20H13Cl2NO3/c21-9-5-6-14(13(22)7-9)23-19(25)17-12-8-15(24)16(18(17)20(23)26)11-4-2-1-3-10(11)12/h1-7,12,16-18H,8H2/t12-,16-,17+,18+/m0/s1. The summed E-state index contributed by atoms with van der Waals surface area (Å²) < 4.78 is 0. The van der Waals surface area contributed by atoms with Crippen molar-refractivity contribution in [2.45, 2.75) is 18.3 Å². The van der Waals surface area contributed by atoms with Crippen molar-refractivity contribution in [3.63, 3.8) is 0 Å². The Morgan fingerprint density at radius 1 is 0.885 bits per heavy atom. The predicted molar refractivity (Wildman–Crippen MR) is 97.5 cm³/mol. The van der Waals surface area contributed by atoms with Crippen molar-refractivity contribution < 1.29 is 14.4 Å². The number of hydrogen-bond donors (Lipinski definition) is 0. The molecule has 2 aromatic rings. The van der Waals surface area contributed by atoms with Crippen LogP contribution in [0.4, 0.5) is 5.69 Å². The molecule has 1 aliphatic heterocycles. The number of fused-ring (bicyclic) bond motifs is 1. The van der Waals surface area contributed by atoms with Crippen LogP contribution in [-0.2, 0) is 14.4 Å². The lowest BCUT2D eigenvalue weighted by atomic mass is 9.56. The van der Waals surface area contributed by atoms with E-state index < -0.39 is 17.8 Å². The first-order chi connectivity index (χ1) is 12.5.